The number of nitrogens with one attached hydrogen (secondary N) is 1. The van der Waals surface area contributed by atoms with Gasteiger partial charge in [0.25, 0.3) is 0 Å². The van der Waals surface area contributed by atoms with Gasteiger partial charge in [-0.15, -0.1) is 0 Å². The van der Waals surface area contributed by atoms with E-state index in [0.717, 1.165) is 26.0 Å². The van der Waals surface area contributed by atoms with Crippen molar-refractivity contribution in [2.45, 2.75) is 31.3 Å². The Morgan fingerprint density at radius 1 is 1.18 bits per heavy atom. The summed E-state index contributed by atoms with van der Waals surface area (Å²) in [5.41, 5.74) is 1.31. The molecular weight excluding hydrogens is 483 g/mol. The van der Waals surface area contributed by atoms with E-state index in [1.165, 1.54) is 11.9 Å². The molecule has 2 aromatic carbocycles. The van der Waals surface area contributed by atoms with E-state index in [4.69, 9.17) is 27.9 Å². The van der Waals surface area contributed by atoms with E-state index in [9.17, 15) is 4.79 Å². The molecular formula is C20H19BrCl2N2O2S. The summed E-state index contributed by atoms with van der Waals surface area (Å²) in [4.78, 5) is 16.5. The third kappa shape index (κ3) is 5.60. The van der Waals surface area contributed by atoms with E-state index in [0.29, 0.717) is 10.0 Å². The van der Waals surface area contributed by atoms with Crippen LogP contribution in [0.3, 0.4) is 0 Å². The van der Waals surface area contributed by atoms with Crippen LogP contribution in [0.4, 0.5) is 5.69 Å². The number of aromatic amines is 1. The molecule has 1 N–H and O–H groups in total. The van der Waals surface area contributed by atoms with Gasteiger partial charge in [-0.1, -0.05) is 23.2 Å². The van der Waals surface area contributed by atoms with Gasteiger partial charge >= 0.3 is 5.97 Å². The summed E-state index contributed by atoms with van der Waals surface area (Å²) in [7, 11) is 0. The minimum Gasteiger partial charge on any atom is -0.459 e. The number of aromatic nitrogens is 1. The van der Waals surface area contributed by atoms with Crippen molar-refractivity contribution in [3.63, 3.8) is 0 Å². The summed E-state index contributed by atoms with van der Waals surface area (Å²) in [6, 6.07) is 11.2. The second kappa shape index (κ2) is 8.57. The van der Waals surface area contributed by atoms with Crippen LogP contribution >= 0.6 is 51.1 Å². The summed E-state index contributed by atoms with van der Waals surface area (Å²) in [6.45, 7) is 5.62. The molecule has 0 saturated heterocycles. The number of fused-ring (bicyclic) bond motifs is 1. The summed E-state index contributed by atoms with van der Waals surface area (Å²) in [5.74, 6) is -0.318. The minimum absolute atomic E-state index is 0.0691. The predicted molar refractivity (Wildman–Crippen MR) is 122 cm³/mol. The Morgan fingerprint density at radius 3 is 2.50 bits per heavy atom. The first-order valence-electron chi connectivity index (χ1n) is 8.51. The van der Waals surface area contributed by atoms with Crippen LogP contribution < -0.4 is 4.31 Å². The molecule has 0 aliphatic carbocycles. The maximum atomic E-state index is 12.5. The third-order valence-electron chi connectivity index (χ3n) is 3.65. The van der Waals surface area contributed by atoms with Crippen LogP contribution in [0.2, 0.25) is 10.0 Å². The van der Waals surface area contributed by atoms with Gasteiger partial charge in [0, 0.05) is 42.2 Å². The van der Waals surface area contributed by atoms with Crippen molar-refractivity contribution in [3.8, 4) is 0 Å². The first-order valence-corrected chi connectivity index (χ1v) is 10.8. The van der Waals surface area contributed by atoms with Gasteiger partial charge in [-0.2, -0.15) is 0 Å². The summed E-state index contributed by atoms with van der Waals surface area (Å²) < 4.78 is 8.34. The molecule has 0 saturated carbocycles. The van der Waals surface area contributed by atoms with Gasteiger partial charge in [0.2, 0.25) is 0 Å². The number of hydrogen-bond donors (Lipinski definition) is 1. The van der Waals surface area contributed by atoms with Gasteiger partial charge in [-0.05, 0) is 85.0 Å². The van der Waals surface area contributed by atoms with E-state index in [1.54, 1.807) is 6.07 Å². The molecule has 0 aliphatic heterocycles. The zero-order chi connectivity index (χ0) is 20.5. The quantitative estimate of drug-likeness (QED) is 0.299. The van der Waals surface area contributed by atoms with E-state index in [1.807, 2.05) is 61.6 Å². The number of esters is 1. The number of rotatable bonds is 5. The number of ether oxygens (including phenoxy) is 1. The lowest BCUT2D eigenvalue weighted by molar-refractivity contribution is -0.152. The van der Waals surface area contributed by atoms with E-state index in [2.05, 4.69) is 20.9 Å². The Bertz CT molecular complexity index is 997. The smallest absolute Gasteiger partial charge is 0.327 e. The molecule has 0 radical (unpaired) electrons. The maximum absolute atomic E-state index is 12.5. The van der Waals surface area contributed by atoms with Crippen LogP contribution in [0.5, 0.6) is 0 Å². The van der Waals surface area contributed by atoms with Crippen LogP contribution in [-0.2, 0) is 9.53 Å². The number of halogens is 3. The molecule has 3 aromatic rings. The number of anilines is 1. The molecule has 8 heteroatoms. The lowest BCUT2D eigenvalue weighted by Gasteiger charge is -2.26. The Morgan fingerprint density at radius 2 is 1.86 bits per heavy atom. The molecule has 28 heavy (non-hydrogen) atoms. The molecule has 0 amide bonds. The lowest BCUT2D eigenvalue weighted by Crippen LogP contribution is -2.31. The first kappa shape index (κ1) is 21.4. The SMILES string of the molecule is CC(C)(C)OC(=O)CN(Sc1cc(Cl)cc(Cl)c1)c1ccc2[nH]cc(Br)c2c1. The van der Waals surface area contributed by atoms with Crippen molar-refractivity contribution in [1.82, 2.24) is 4.98 Å². The third-order valence-corrected chi connectivity index (χ3v) is 5.75. The Balaban J connectivity index is 1.94. The second-order valence-electron chi connectivity index (χ2n) is 7.19. The second-order valence-corrected chi connectivity index (χ2v) is 10.0. The summed E-state index contributed by atoms with van der Waals surface area (Å²) in [6.07, 6.45) is 1.89. The molecule has 0 atom stereocenters. The monoisotopic (exact) mass is 500 g/mol. The largest absolute Gasteiger partial charge is 0.459 e. The fourth-order valence-corrected chi connectivity index (χ4v) is 4.71. The average Bonchev–Trinajstić information content (AvgIpc) is 2.92. The van der Waals surface area contributed by atoms with Crippen LogP contribution in [0.25, 0.3) is 10.9 Å². The summed E-state index contributed by atoms with van der Waals surface area (Å²) in [5, 5.41) is 2.10. The van der Waals surface area contributed by atoms with Crippen LogP contribution in [0.15, 0.2) is 52.0 Å². The van der Waals surface area contributed by atoms with E-state index >= 15 is 0 Å². The van der Waals surface area contributed by atoms with Gasteiger partial charge < -0.3 is 14.0 Å². The number of hydrogen-bond acceptors (Lipinski definition) is 4. The van der Waals surface area contributed by atoms with Crippen molar-refractivity contribution in [1.29, 1.82) is 0 Å². The molecule has 1 aromatic heterocycles. The molecule has 3 rings (SSSR count). The van der Waals surface area contributed by atoms with Gasteiger partial charge in [0.15, 0.2) is 0 Å². The highest BCUT2D eigenvalue weighted by atomic mass is 79.9. The number of carbonyl (C=O) groups is 1. The average molecular weight is 502 g/mol. The van der Waals surface area contributed by atoms with Crippen molar-refractivity contribution >= 4 is 73.6 Å². The highest BCUT2D eigenvalue weighted by Crippen LogP contribution is 2.35. The fraction of sp³-hybridized carbons (Fsp3) is 0.250. The van der Waals surface area contributed by atoms with Crippen LogP contribution in [0, 0.1) is 0 Å². The first-order chi connectivity index (χ1) is 13.1. The van der Waals surface area contributed by atoms with Gasteiger partial charge in [0.1, 0.15) is 12.1 Å². The highest BCUT2D eigenvalue weighted by molar-refractivity contribution is 9.10. The molecule has 148 valence electrons. The number of nitrogens with zero attached hydrogens (tertiary/aromatic N) is 1. The van der Waals surface area contributed by atoms with Crippen molar-refractivity contribution < 1.29 is 9.53 Å². The normalized spacial score (nSPS) is 11.6. The number of H-pyrrole nitrogens is 1. The maximum Gasteiger partial charge on any atom is 0.327 e. The van der Waals surface area contributed by atoms with E-state index in [-0.39, 0.29) is 12.5 Å². The van der Waals surface area contributed by atoms with Gasteiger partial charge in [-0.25, -0.2) is 0 Å². The minimum atomic E-state index is -0.555. The fourth-order valence-electron chi connectivity index (χ4n) is 2.61. The Hall–Kier alpha value is -1.34. The van der Waals surface area contributed by atoms with E-state index < -0.39 is 5.60 Å². The molecule has 0 bridgehead atoms. The molecule has 0 aliphatic rings. The molecule has 1 heterocycles. The van der Waals surface area contributed by atoms with Crippen molar-refractivity contribution in [3.05, 3.63) is 57.1 Å². The van der Waals surface area contributed by atoms with Crippen LogP contribution in [-0.4, -0.2) is 23.1 Å². The molecule has 4 nitrogen and oxygen atoms in total. The van der Waals surface area contributed by atoms with Crippen molar-refractivity contribution in [2.24, 2.45) is 0 Å². The van der Waals surface area contributed by atoms with Crippen molar-refractivity contribution in [2.75, 3.05) is 10.8 Å². The van der Waals surface area contributed by atoms with Gasteiger partial charge in [0.05, 0.1) is 0 Å². The summed E-state index contributed by atoms with van der Waals surface area (Å²) >= 11 is 17.2. The molecule has 0 fully saturated rings. The van der Waals surface area contributed by atoms with Gasteiger partial charge in [-0.3, -0.25) is 4.79 Å². The number of carbonyl (C=O) groups excluding carboxylic acids is 1. The molecule has 0 unspecified atom stereocenters. The Labute approximate surface area is 186 Å². The lowest BCUT2D eigenvalue weighted by atomic mass is 10.2. The highest BCUT2D eigenvalue weighted by Gasteiger charge is 2.21. The zero-order valence-electron chi connectivity index (χ0n) is 15.6. The standard InChI is InChI=1S/C20H19BrCl2N2O2S/c1-20(2,3)27-19(26)11-25(28-15-7-12(22)6-13(23)8-15)14-4-5-18-16(9-14)17(21)10-24-18/h4-10,24H,11H2,1-3H3. The van der Waals surface area contributed by atoms with Crippen LogP contribution in [0.1, 0.15) is 20.8 Å². The molecule has 0 spiro atoms. The Kier molecular flexibility index (Phi) is 6.54. The number of benzene rings is 2. The topological polar surface area (TPSA) is 45.3 Å². The zero-order valence-corrected chi connectivity index (χ0v) is 19.5. The predicted octanol–water partition coefficient (Wildman–Crippen LogP) is 7.09.